The summed E-state index contributed by atoms with van der Waals surface area (Å²) in [6, 6.07) is 5.00. The van der Waals surface area contributed by atoms with E-state index in [2.05, 4.69) is 10.3 Å². The molecular formula is C14H16N2O4. The number of rotatable bonds is 7. The summed E-state index contributed by atoms with van der Waals surface area (Å²) in [6.07, 6.45) is 2.56. The maximum Gasteiger partial charge on any atom is 0.335 e. The Labute approximate surface area is 115 Å². The molecule has 6 nitrogen and oxygen atoms in total. The molecule has 0 radical (unpaired) electrons. The lowest BCUT2D eigenvalue weighted by molar-refractivity contribution is 0.0697. The van der Waals surface area contributed by atoms with Crippen LogP contribution in [0.25, 0.3) is 11.1 Å². The Morgan fingerprint density at radius 1 is 1.50 bits per heavy atom. The van der Waals surface area contributed by atoms with Crippen LogP contribution in [-0.4, -0.2) is 35.8 Å². The van der Waals surface area contributed by atoms with Crippen molar-refractivity contribution in [3.05, 3.63) is 23.8 Å². The summed E-state index contributed by atoms with van der Waals surface area (Å²) in [5, 5.41) is 11.9. The topological polar surface area (TPSA) is 84.6 Å². The van der Waals surface area contributed by atoms with Crippen molar-refractivity contribution in [2.75, 3.05) is 25.1 Å². The average Bonchev–Trinajstić information content (AvgIpc) is 3.16. The van der Waals surface area contributed by atoms with E-state index in [-0.39, 0.29) is 5.56 Å². The number of fused-ring (bicyclic) bond motifs is 1. The Balaban J connectivity index is 1.55. The van der Waals surface area contributed by atoms with Gasteiger partial charge in [0.05, 0.1) is 12.2 Å². The van der Waals surface area contributed by atoms with Gasteiger partial charge in [-0.15, -0.1) is 0 Å². The van der Waals surface area contributed by atoms with Gasteiger partial charge in [-0.1, -0.05) is 0 Å². The van der Waals surface area contributed by atoms with Crippen molar-refractivity contribution in [1.82, 2.24) is 4.98 Å². The van der Waals surface area contributed by atoms with Crippen LogP contribution in [-0.2, 0) is 4.74 Å². The molecule has 20 heavy (non-hydrogen) atoms. The lowest BCUT2D eigenvalue weighted by atomic mass is 10.2. The molecule has 1 saturated carbocycles. The van der Waals surface area contributed by atoms with E-state index in [0.717, 1.165) is 12.5 Å². The first-order valence-electron chi connectivity index (χ1n) is 6.68. The number of anilines is 1. The fourth-order valence-corrected chi connectivity index (χ4v) is 1.90. The first-order chi connectivity index (χ1) is 9.72. The minimum atomic E-state index is -0.980. The summed E-state index contributed by atoms with van der Waals surface area (Å²) in [7, 11) is 0. The first-order valence-corrected chi connectivity index (χ1v) is 6.68. The van der Waals surface area contributed by atoms with Crippen LogP contribution >= 0.6 is 0 Å². The summed E-state index contributed by atoms with van der Waals surface area (Å²) in [6.45, 7) is 2.05. The standard InChI is InChI=1S/C14H16N2O4/c17-13(18)10-3-4-11-12(7-10)20-14(16-11)15-5-6-19-8-9-1-2-9/h3-4,7,9H,1-2,5-6,8H2,(H,15,16)(H,17,18). The molecule has 1 aliphatic carbocycles. The fraction of sp³-hybridized carbons (Fsp3) is 0.429. The Kier molecular flexibility index (Phi) is 3.56. The Morgan fingerprint density at radius 3 is 3.10 bits per heavy atom. The minimum Gasteiger partial charge on any atom is -0.478 e. The zero-order chi connectivity index (χ0) is 13.9. The molecule has 1 aromatic carbocycles. The SMILES string of the molecule is O=C(O)c1ccc2nc(NCCOCC3CC3)oc2c1. The van der Waals surface area contributed by atoms with Crippen molar-refractivity contribution in [3.8, 4) is 0 Å². The molecule has 0 unspecified atom stereocenters. The second kappa shape index (κ2) is 5.50. The third-order valence-corrected chi connectivity index (χ3v) is 3.21. The highest BCUT2D eigenvalue weighted by molar-refractivity contribution is 5.92. The largest absolute Gasteiger partial charge is 0.478 e. The van der Waals surface area contributed by atoms with Crippen LogP contribution in [0.1, 0.15) is 23.2 Å². The molecule has 106 valence electrons. The number of aromatic carboxylic acids is 1. The Hall–Kier alpha value is -2.08. The molecule has 0 saturated heterocycles. The molecule has 6 heteroatoms. The highest BCUT2D eigenvalue weighted by Gasteiger charge is 2.20. The zero-order valence-electron chi connectivity index (χ0n) is 11.0. The first kappa shape index (κ1) is 12.9. The van der Waals surface area contributed by atoms with Crippen LogP contribution in [0.5, 0.6) is 0 Å². The molecule has 1 aromatic heterocycles. The number of nitrogens with zero attached hydrogens (tertiary/aromatic N) is 1. The van der Waals surface area contributed by atoms with E-state index >= 15 is 0 Å². The van der Waals surface area contributed by atoms with Gasteiger partial charge in [-0.25, -0.2) is 4.79 Å². The van der Waals surface area contributed by atoms with Gasteiger partial charge in [0.15, 0.2) is 5.58 Å². The monoisotopic (exact) mass is 276 g/mol. The molecule has 0 bridgehead atoms. The zero-order valence-corrected chi connectivity index (χ0v) is 11.0. The van der Waals surface area contributed by atoms with E-state index in [1.54, 1.807) is 6.07 Å². The van der Waals surface area contributed by atoms with Crippen molar-refractivity contribution >= 4 is 23.1 Å². The van der Waals surface area contributed by atoms with Gasteiger partial charge in [0.2, 0.25) is 0 Å². The fourth-order valence-electron chi connectivity index (χ4n) is 1.90. The molecule has 1 heterocycles. The quantitative estimate of drug-likeness (QED) is 0.755. The number of hydrogen-bond donors (Lipinski definition) is 2. The molecular weight excluding hydrogens is 260 g/mol. The summed E-state index contributed by atoms with van der Waals surface area (Å²) in [4.78, 5) is 15.1. The Morgan fingerprint density at radius 2 is 2.35 bits per heavy atom. The second-order valence-corrected chi connectivity index (χ2v) is 4.95. The maximum atomic E-state index is 10.9. The molecule has 0 spiro atoms. The highest BCUT2D eigenvalue weighted by Crippen LogP contribution is 2.28. The third-order valence-electron chi connectivity index (χ3n) is 3.21. The van der Waals surface area contributed by atoms with Gasteiger partial charge in [-0.05, 0) is 37.0 Å². The van der Waals surface area contributed by atoms with Gasteiger partial charge < -0.3 is 19.6 Å². The van der Waals surface area contributed by atoms with E-state index in [0.29, 0.717) is 30.3 Å². The van der Waals surface area contributed by atoms with Crippen LogP contribution in [0, 0.1) is 5.92 Å². The highest BCUT2D eigenvalue weighted by atomic mass is 16.5. The van der Waals surface area contributed by atoms with Crippen molar-refractivity contribution in [1.29, 1.82) is 0 Å². The predicted octanol–water partition coefficient (Wildman–Crippen LogP) is 2.36. The molecule has 1 aliphatic rings. The number of hydrogen-bond acceptors (Lipinski definition) is 5. The van der Waals surface area contributed by atoms with E-state index in [1.165, 1.54) is 25.0 Å². The van der Waals surface area contributed by atoms with Crippen molar-refractivity contribution in [2.45, 2.75) is 12.8 Å². The van der Waals surface area contributed by atoms with Crippen molar-refractivity contribution in [2.24, 2.45) is 5.92 Å². The van der Waals surface area contributed by atoms with Gasteiger partial charge in [0.25, 0.3) is 6.01 Å². The van der Waals surface area contributed by atoms with Crippen molar-refractivity contribution < 1.29 is 19.1 Å². The number of carbonyl (C=O) groups is 1. The lowest BCUT2D eigenvalue weighted by Crippen LogP contribution is -2.10. The van der Waals surface area contributed by atoms with Gasteiger partial charge in [-0.3, -0.25) is 0 Å². The van der Waals surface area contributed by atoms with E-state index in [4.69, 9.17) is 14.3 Å². The molecule has 3 rings (SSSR count). The summed E-state index contributed by atoms with van der Waals surface area (Å²) in [5.41, 5.74) is 1.29. The van der Waals surface area contributed by atoms with E-state index in [1.807, 2.05) is 0 Å². The van der Waals surface area contributed by atoms with Crippen LogP contribution in [0.15, 0.2) is 22.6 Å². The maximum absolute atomic E-state index is 10.9. The third kappa shape index (κ3) is 3.08. The van der Waals surface area contributed by atoms with Crippen LogP contribution < -0.4 is 5.32 Å². The number of nitrogens with one attached hydrogen (secondary N) is 1. The molecule has 0 aliphatic heterocycles. The summed E-state index contributed by atoms with van der Waals surface area (Å²) in [5.74, 6) is -0.222. The number of aromatic nitrogens is 1. The van der Waals surface area contributed by atoms with Gasteiger partial charge >= 0.3 is 5.97 Å². The molecule has 1 fully saturated rings. The normalized spacial score (nSPS) is 14.6. The van der Waals surface area contributed by atoms with Gasteiger partial charge in [-0.2, -0.15) is 4.98 Å². The minimum absolute atomic E-state index is 0.188. The molecule has 0 amide bonds. The number of benzene rings is 1. The molecule has 2 N–H and O–H groups in total. The van der Waals surface area contributed by atoms with Gasteiger partial charge in [0, 0.05) is 13.2 Å². The van der Waals surface area contributed by atoms with E-state index < -0.39 is 5.97 Å². The predicted molar refractivity (Wildman–Crippen MR) is 73.0 cm³/mol. The second-order valence-electron chi connectivity index (χ2n) is 4.95. The number of carboxylic acids is 1. The number of carboxylic acid groups (broad SMARTS) is 1. The summed E-state index contributed by atoms with van der Waals surface area (Å²) < 4.78 is 11.0. The summed E-state index contributed by atoms with van der Waals surface area (Å²) >= 11 is 0. The number of ether oxygens (including phenoxy) is 1. The lowest BCUT2D eigenvalue weighted by Gasteiger charge is -2.02. The molecule has 2 aromatic rings. The Bertz CT molecular complexity index is 619. The van der Waals surface area contributed by atoms with Crippen LogP contribution in [0.4, 0.5) is 6.01 Å². The van der Waals surface area contributed by atoms with Gasteiger partial charge in [0.1, 0.15) is 5.52 Å². The van der Waals surface area contributed by atoms with Crippen molar-refractivity contribution in [3.63, 3.8) is 0 Å². The van der Waals surface area contributed by atoms with Crippen LogP contribution in [0.2, 0.25) is 0 Å². The van der Waals surface area contributed by atoms with Crippen LogP contribution in [0.3, 0.4) is 0 Å². The number of oxazole rings is 1. The average molecular weight is 276 g/mol. The smallest absolute Gasteiger partial charge is 0.335 e. The van der Waals surface area contributed by atoms with E-state index in [9.17, 15) is 4.79 Å². The molecule has 0 atom stereocenters.